The van der Waals surface area contributed by atoms with E-state index in [2.05, 4.69) is 5.32 Å². The van der Waals surface area contributed by atoms with Gasteiger partial charge in [0.2, 0.25) is 0 Å². The van der Waals surface area contributed by atoms with Crippen molar-refractivity contribution in [1.29, 1.82) is 0 Å². The van der Waals surface area contributed by atoms with E-state index in [1.54, 1.807) is 30.6 Å². The molecule has 0 aliphatic carbocycles. The van der Waals surface area contributed by atoms with Gasteiger partial charge in [-0.25, -0.2) is 4.39 Å². The van der Waals surface area contributed by atoms with Crippen LogP contribution in [0.25, 0.3) is 0 Å². The maximum atomic E-state index is 13.4. The van der Waals surface area contributed by atoms with E-state index in [4.69, 9.17) is 4.74 Å². The number of thiophene rings is 1. The van der Waals surface area contributed by atoms with Gasteiger partial charge in [-0.3, -0.25) is 4.79 Å². The summed E-state index contributed by atoms with van der Waals surface area (Å²) in [5, 5.41) is 6.59. The van der Waals surface area contributed by atoms with Crippen LogP contribution in [0.5, 0.6) is 0 Å². The van der Waals surface area contributed by atoms with Crippen molar-refractivity contribution in [2.45, 2.75) is 6.10 Å². The number of carbonyl (C=O) groups excluding carboxylic acids is 1. The largest absolute Gasteiger partial charge is 0.375 e. The third kappa shape index (κ3) is 3.39. The van der Waals surface area contributed by atoms with Crippen molar-refractivity contribution in [3.63, 3.8) is 0 Å². The number of ether oxygens (including phenoxy) is 1. The number of carbonyl (C=O) groups is 1. The fourth-order valence-corrected chi connectivity index (χ4v) is 2.42. The van der Waals surface area contributed by atoms with Gasteiger partial charge in [-0.05, 0) is 34.5 Å². The van der Waals surface area contributed by atoms with Crippen molar-refractivity contribution >= 4 is 17.2 Å². The van der Waals surface area contributed by atoms with E-state index in [1.807, 2.05) is 16.8 Å². The van der Waals surface area contributed by atoms with Crippen LogP contribution >= 0.6 is 11.3 Å². The first-order valence-corrected chi connectivity index (χ1v) is 6.74. The molecular weight excluding hydrogens is 265 g/mol. The van der Waals surface area contributed by atoms with Crippen LogP contribution in [0.2, 0.25) is 0 Å². The van der Waals surface area contributed by atoms with Gasteiger partial charge >= 0.3 is 0 Å². The van der Waals surface area contributed by atoms with E-state index in [-0.39, 0.29) is 11.7 Å². The zero-order valence-corrected chi connectivity index (χ0v) is 11.2. The minimum absolute atomic E-state index is 0.0441. The number of amides is 1. The molecule has 100 valence electrons. The monoisotopic (exact) mass is 279 g/mol. The number of hydrogen-bond acceptors (Lipinski definition) is 3. The Kier molecular flexibility index (Phi) is 4.65. The molecule has 1 atom stereocenters. The van der Waals surface area contributed by atoms with Crippen LogP contribution in [0, 0.1) is 5.82 Å². The summed E-state index contributed by atoms with van der Waals surface area (Å²) in [6.07, 6.45) is -0.220. The van der Waals surface area contributed by atoms with E-state index in [0.29, 0.717) is 6.54 Å². The normalized spacial score (nSPS) is 12.1. The number of nitrogens with one attached hydrogen (secondary N) is 1. The van der Waals surface area contributed by atoms with Crippen molar-refractivity contribution in [1.82, 2.24) is 5.32 Å². The summed E-state index contributed by atoms with van der Waals surface area (Å²) in [6.45, 7) is 0.306. The van der Waals surface area contributed by atoms with E-state index >= 15 is 0 Å². The van der Waals surface area contributed by atoms with Crippen LogP contribution in [0.3, 0.4) is 0 Å². The van der Waals surface area contributed by atoms with Crippen molar-refractivity contribution in [2.24, 2.45) is 0 Å². The highest BCUT2D eigenvalue weighted by molar-refractivity contribution is 7.07. The Bertz CT molecular complexity index is 542. The molecule has 0 spiro atoms. The van der Waals surface area contributed by atoms with Crippen LogP contribution in [0.1, 0.15) is 22.0 Å². The highest BCUT2D eigenvalue weighted by atomic mass is 32.1. The Morgan fingerprint density at radius 2 is 2.21 bits per heavy atom. The molecule has 5 heteroatoms. The summed E-state index contributed by atoms with van der Waals surface area (Å²) in [5.41, 5.74) is 1.05. The van der Waals surface area contributed by atoms with Gasteiger partial charge in [0.25, 0.3) is 5.91 Å². The minimum atomic E-state index is -0.524. The summed E-state index contributed by atoms with van der Waals surface area (Å²) in [5.74, 6) is -0.958. The SMILES string of the molecule is COC(CNC(=O)c1ccccc1F)c1ccsc1. The Balaban J connectivity index is 1.98. The zero-order chi connectivity index (χ0) is 13.7. The lowest BCUT2D eigenvalue weighted by atomic mass is 10.1. The molecule has 0 saturated heterocycles. The number of hydrogen-bond donors (Lipinski definition) is 1. The van der Waals surface area contributed by atoms with Crippen LogP contribution < -0.4 is 5.32 Å². The summed E-state index contributed by atoms with van der Waals surface area (Å²) in [4.78, 5) is 11.9. The maximum absolute atomic E-state index is 13.4. The predicted molar refractivity (Wildman–Crippen MR) is 72.8 cm³/mol. The van der Waals surface area contributed by atoms with Gasteiger partial charge in [-0.1, -0.05) is 12.1 Å². The Hall–Kier alpha value is -1.72. The topological polar surface area (TPSA) is 38.3 Å². The van der Waals surface area contributed by atoms with Crippen molar-refractivity contribution in [3.8, 4) is 0 Å². The molecule has 1 aromatic heterocycles. The third-order valence-electron chi connectivity index (χ3n) is 2.77. The van der Waals surface area contributed by atoms with Crippen molar-refractivity contribution in [2.75, 3.05) is 13.7 Å². The molecule has 0 fully saturated rings. The van der Waals surface area contributed by atoms with E-state index < -0.39 is 11.7 Å². The molecule has 19 heavy (non-hydrogen) atoms. The van der Waals surface area contributed by atoms with E-state index in [1.165, 1.54) is 12.1 Å². The molecule has 1 amide bonds. The number of benzene rings is 1. The minimum Gasteiger partial charge on any atom is -0.375 e. The van der Waals surface area contributed by atoms with Gasteiger partial charge in [-0.15, -0.1) is 0 Å². The molecule has 2 aromatic rings. The second-order valence-corrected chi connectivity index (χ2v) is 4.75. The quantitative estimate of drug-likeness (QED) is 0.913. The lowest BCUT2D eigenvalue weighted by molar-refractivity contribution is 0.0826. The summed E-state index contributed by atoms with van der Waals surface area (Å²) >= 11 is 1.56. The van der Waals surface area contributed by atoms with Gasteiger partial charge in [-0.2, -0.15) is 11.3 Å². The van der Waals surface area contributed by atoms with Gasteiger partial charge in [0, 0.05) is 13.7 Å². The summed E-state index contributed by atoms with van der Waals surface area (Å²) < 4.78 is 18.7. The average Bonchev–Trinajstić information content (AvgIpc) is 2.94. The second kappa shape index (κ2) is 6.45. The predicted octanol–water partition coefficient (Wildman–Crippen LogP) is 3.00. The number of rotatable bonds is 5. The number of methoxy groups -OCH3 is 1. The molecule has 0 radical (unpaired) electrons. The first kappa shape index (κ1) is 13.7. The molecule has 1 unspecified atom stereocenters. The zero-order valence-electron chi connectivity index (χ0n) is 10.4. The van der Waals surface area contributed by atoms with Crippen molar-refractivity contribution < 1.29 is 13.9 Å². The smallest absolute Gasteiger partial charge is 0.254 e. The summed E-state index contributed by atoms with van der Waals surface area (Å²) in [6, 6.07) is 7.84. The highest BCUT2D eigenvalue weighted by Gasteiger charge is 2.15. The van der Waals surface area contributed by atoms with Gasteiger partial charge in [0.1, 0.15) is 11.9 Å². The molecule has 0 aliphatic rings. The van der Waals surface area contributed by atoms with Gasteiger partial charge in [0.05, 0.1) is 5.56 Å². The Morgan fingerprint density at radius 1 is 1.42 bits per heavy atom. The third-order valence-corrected chi connectivity index (χ3v) is 3.47. The fraction of sp³-hybridized carbons (Fsp3) is 0.214. The van der Waals surface area contributed by atoms with E-state index in [0.717, 1.165) is 5.56 Å². The lowest BCUT2D eigenvalue weighted by Crippen LogP contribution is -2.29. The Morgan fingerprint density at radius 3 is 2.84 bits per heavy atom. The number of halogens is 1. The van der Waals surface area contributed by atoms with Crippen LogP contribution in [-0.4, -0.2) is 19.6 Å². The highest BCUT2D eigenvalue weighted by Crippen LogP contribution is 2.18. The molecule has 0 aliphatic heterocycles. The molecule has 0 saturated carbocycles. The molecule has 0 bridgehead atoms. The molecule has 3 nitrogen and oxygen atoms in total. The van der Waals surface area contributed by atoms with Crippen molar-refractivity contribution in [3.05, 3.63) is 58.0 Å². The fourth-order valence-electron chi connectivity index (χ4n) is 1.72. The second-order valence-electron chi connectivity index (χ2n) is 3.97. The van der Waals surface area contributed by atoms with Gasteiger partial charge in [0.15, 0.2) is 0 Å². The van der Waals surface area contributed by atoms with Crippen LogP contribution in [-0.2, 0) is 4.74 Å². The molecule has 1 N–H and O–H groups in total. The molecule has 2 rings (SSSR count). The first-order valence-electron chi connectivity index (χ1n) is 5.80. The van der Waals surface area contributed by atoms with E-state index in [9.17, 15) is 9.18 Å². The first-order chi connectivity index (χ1) is 9.22. The lowest BCUT2D eigenvalue weighted by Gasteiger charge is -2.15. The molecule has 1 aromatic carbocycles. The standard InChI is InChI=1S/C14H14FNO2S/c1-18-13(10-6-7-19-9-10)8-16-14(17)11-4-2-3-5-12(11)15/h2-7,9,13H,8H2,1H3,(H,16,17). The van der Waals surface area contributed by atoms with Crippen LogP contribution in [0.4, 0.5) is 4.39 Å². The molecular formula is C14H14FNO2S. The Labute approximate surface area is 115 Å². The maximum Gasteiger partial charge on any atom is 0.254 e. The summed E-state index contributed by atoms with van der Waals surface area (Å²) in [7, 11) is 1.58. The molecule has 1 heterocycles. The van der Waals surface area contributed by atoms with Gasteiger partial charge < -0.3 is 10.1 Å². The average molecular weight is 279 g/mol. The van der Waals surface area contributed by atoms with Crippen LogP contribution in [0.15, 0.2) is 41.1 Å².